The summed E-state index contributed by atoms with van der Waals surface area (Å²) in [5.74, 6) is -0.223. The van der Waals surface area contributed by atoms with Gasteiger partial charge in [-0.25, -0.2) is 4.79 Å². The number of rotatable bonds is 10. The molecule has 2 aromatic carbocycles. The second-order valence-corrected chi connectivity index (χ2v) is 6.81. The SMILES string of the molecule is COc1cccc(CN(C)C(=O)[C@H](CCC(N)=O)NC(=O)OCc2ccccc2)c1. The van der Waals surface area contributed by atoms with Crippen LogP contribution in [-0.4, -0.2) is 43.0 Å². The summed E-state index contributed by atoms with van der Waals surface area (Å²) in [4.78, 5) is 37.8. The standard InChI is InChI=1S/C22H27N3O5/c1-25(14-17-9-6-10-18(13-17)29-2)21(27)19(11-12-20(23)26)24-22(28)30-15-16-7-4-3-5-8-16/h3-10,13,19H,11-12,14-15H2,1-2H3,(H2,23,26)(H,24,28)/t19-/m0/s1. The van der Waals surface area contributed by atoms with Crippen molar-refractivity contribution in [3.63, 3.8) is 0 Å². The quantitative estimate of drug-likeness (QED) is 0.620. The van der Waals surface area contributed by atoms with Crippen molar-refractivity contribution in [1.29, 1.82) is 0 Å². The largest absolute Gasteiger partial charge is 0.497 e. The number of nitrogens with zero attached hydrogens (tertiary/aromatic N) is 1. The summed E-state index contributed by atoms with van der Waals surface area (Å²) in [6.45, 7) is 0.382. The number of methoxy groups -OCH3 is 1. The molecule has 0 aliphatic heterocycles. The molecule has 8 heteroatoms. The molecule has 0 unspecified atom stereocenters. The molecule has 0 saturated heterocycles. The molecule has 3 N–H and O–H groups in total. The zero-order valence-electron chi connectivity index (χ0n) is 17.2. The lowest BCUT2D eigenvalue weighted by atomic mass is 10.1. The third-order valence-electron chi connectivity index (χ3n) is 4.41. The third-order valence-corrected chi connectivity index (χ3v) is 4.41. The number of carbonyl (C=O) groups is 3. The van der Waals surface area contributed by atoms with Crippen LogP contribution in [0.3, 0.4) is 0 Å². The molecule has 0 saturated carbocycles. The number of benzene rings is 2. The number of amides is 3. The van der Waals surface area contributed by atoms with E-state index in [1.807, 2.05) is 54.6 Å². The van der Waals surface area contributed by atoms with Gasteiger partial charge in [-0.05, 0) is 29.7 Å². The van der Waals surface area contributed by atoms with E-state index < -0.39 is 18.0 Å². The minimum atomic E-state index is -0.934. The van der Waals surface area contributed by atoms with Gasteiger partial charge in [-0.1, -0.05) is 42.5 Å². The van der Waals surface area contributed by atoms with Gasteiger partial charge >= 0.3 is 6.09 Å². The van der Waals surface area contributed by atoms with Gasteiger partial charge in [0.25, 0.3) is 0 Å². The number of hydrogen-bond acceptors (Lipinski definition) is 5. The minimum Gasteiger partial charge on any atom is -0.497 e. The van der Waals surface area contributed by atoms with Gasteiger partial charge in [0.05, 0.1) is 7.11 Å². The van der Waals surface area contributed by atoms with Crippen LogP contribution in [0.2, 0.25) is 0 Å². The highest BCUT2D eigenvalue weighted by Crippen LogP contribution is 2.15. The highest BCUT2D eigenvalue weighted by molar-refractivity contribution is 5.86. The van der Waals surface area contributed by atoms with Crippen LogP contribution < -0.4 is 15.8 Å². The van der Waals surface area contributed by atoms with Crippen molar-refractivity contribution in [2.24, 2.45) is 5.73 Å². The van der Waals surface area contributed by atoms with Crippen LogP contribution in [0.5, 0.6) is 5.75 Å². The molecular weight excluding hydrogens is 386 g/mol. The number of alkyl carbamates (subject to hydrolysis) is 1. The number of nitrogens with one attached hydrogen (secondary N) is 1. The van der Waals surface area contributed by atoms with Gasteiger partial charge in [0.2, 0.25) is 11.8 Å². The van der Waals surface area contributed by atoms with Crippen molar-refractivity contribution >= 4 is 17.9 Å². The van der Waals surface area contributed by atoms with E-state index in [1.54, 1.807) is 14.2 Å². The number of likely N-dealkylation sites (N-methyl/N-ethyl adjacent to an activating group) is 1. The van der Waals surface area contributed by atoms with Crippen molar-refractivity contribution in [2.75, 3.05) is 14.2 Å². The Hall–Kier alpha value is -3.55. The van der Waals surface area contributed by atoms with Crippen molar-refractivity contribution in [3.05, 3.63) is 65.7 Å². The summed E-state index contributed by atoms with van der Waals surface area (Å²) < 4.78 is 10.4. The number of nitrogens with two attached hydrogens (primary N) is 1. The summed E-state index contributed by atoms with van der Waals surface area (Å²) in [5, 5.41) is 2.55. The lowest BCUT2D eigenvalue weighted by Crippen LogP contribution is -2.47. The molecule has 160 valence electrons. The van der Waals surface area contributed by atoms with Crippen molar-refractivity contribution in [3.8, 4) is 5.75 Å². The Bertz CT molecular complexity index is 857. The van der Waals surface area contributed by atoms with Crippen LogP contribution in [0, 0.1) is 0 Å². The summed E-state index contributed by atoms with van der Waals surface area (Å²) in [6, 6.07) is 15.6. The van der Waals surface area contributed by atoms with Crippen LogP contribution in [0.1, 0.15) is 24.0 Å². The first-order valence-corrected chi connectivity index (χ1v) is 9.52. The molecule has 0 aliphatic rings. The Kier molecular flexibility index (Phi) is 8.68. The van der Waals surface area contributed by atoms with Crippen LogP contribution >= 0.6 is 0 Å². The van der Waals surface area contributed by atoms with Gasteiger partial charge in [-0.15, -0.1) is 0 Å². The van der Waals surface area contributed by atoms with E-state index in [0.29, 0.717) is 12.3 Å². The van der Waals surface area contributed by atoms with Gasteiger partial charge in [0, 0.05) is 20.0 Å². The predicted molar refractivity (Wildman–Crippen MR) is 111 cm³/mol. The van der Waals surface area contributed by atoms with E-state index in [0.717, 1.165) is 11.1 Å². The smallest absolute Gasteiger partial charge is 0.408 e. The zero-order chi connectivity index (χ0) is 21.9. The normalized spacial score (nSPS) is 11.3. The van der Waals surface area contributed by atoms with Crippen LogP contribution in [0.25, 0.3) is 0 Å². The average Bonchev–Trinajstić information content (AvgIpc) is 2.75. The first kappa shape index (κ1) is 22.7. The highest BCUT2D eigenvalue weighted by atomic mass is 16.5. The molecule has 0 fully saturated rings. The summed E-state index contributed by atoms with van der Waals surface area (Å²) >= 11 is 0. The van der Waals surface area contributed by atoms with E-state index in [1.165, 1.54) is 4.90 Å². The second kappa shape index (κ2) is 11.5. The highest BCUT2D eigenvalue weighted by Gasteiger charge is 2.25. The maximum Gasteiger partial charge on any atom is 0.408 e. The molecule has 2 rings (SSSR count). The summed E-state index contributed by atoms with van der Waals surface area (Å²) in [6.07, 6.45) is -0.698. The lowest BCUT2D eigenvalue weighted by Gasteiger charge is -2.24. The Labute approximate surface area is 175 Å². The van der Waals surface area contributed by atoms with Crippen molar-refractivity contribution in [2.45, 2.75) is 32.0 Å². The van der Waals surface area contributed by atoms with E-state index in [9.17, 15) is 14.4 Å². The lowest BCUT2D eigenvalue weighted by molar-refractivity contribution is -0.132. The van der Waals surface area contributed by atoms with E-state index >= 15 is 0 Å². The molecule has 0 radical (unpaired) electrons. The average molecular weight is 413 g/mol. The van der Waals surface area contributed by atoms with Crippen LogP contribution in [-0.2, 0) is 27.5 Å². The fourth-order valence-corrected chi connectivity index (χ4v) is 2.84. The number of primary amides is 1. The maximum atomic E-state index is 12.9. The molecule has 0 aromatic heterocycles. The molecule has 0 aliphatic carbocycles. The van der Waals surface area contributed by atoms with E-state index in [2.05, 4.69) is 5.32 Å². The summed E-state index contributed by atoms with van der Waals surface area (Å²) in [5.41, 5.74) is 6.90. The minimum absolute atomic E-state index is 0.0393. The number of hydrogen-bond donors (Lipinski definition) is 2. The fraction of sp³-hybridized carbons (Fsp3) is 0.318. The Morgan fingerprint density at radius 2 is 1.77 bits per heavy atom. The van der Waals surface area contributed by atoms with Crippen molar-refractivity contribution < 1.29 is 23.9 Å². The molecule has 0 spiro atoms. The molecule has 2 aromatic rings. The zero-order valence-corrected chi connectivity index (χ0v) is 17.2. The van der Waals surface area contributed by atoms with Gasteiger partial charge in [0.1, 0.15) is 18.4 Å². The molecule has 3 amide bonds. The molecule has 30 heavy (non-hydrogen) atoms. The van der Waals surface area contributed by atoms with E-state index in [-0.39, 0.29) is 25.4 Å². The first-order valence-electron chi connectivity index (χ1n) is 9.52. The third kappa shape index (κ3) is 7.46. The molecule has 0 bridgehead atoms. The maximum absolute atomic E-state index is 12.9. The van der Waals surface area contributed by atoms with Gasteiger partial charge < -0.3 is 25.4 Å². The van der Waals surface area contributed by atoms with Gasteiger partial charge in [0.15, 0.2) is 0 Å². The monoisotopic (exact) mass is 413 g/mol. The number of ether oxygens (including phenoxy) is 2. The molecule has 0 heterocycles. The Morgan fingerprint density at radius 1 is 1.07 bits per heavy atom. The molecule has 8 nitrogen and oxygen atoms in total. The topological polar surface area (TPSA) is 111 Å². The Balaban J connectivity index is 1.99. The molecule has 1 atom stereocenters. The van der Waals surface area contributed by atoms with Gasteiger partial charge in [-0.2, -0.15) is 0 Å². The van der Waals surface area contributed by atoms with Gasteiger partial charge in [-0.3, -0.25) is 9.59 Å². The van der Waals surface area contributed by atoms with Crippen LogP contribution in [0.15, 0.2) is 54.6 Å². The molecular formula is C22H27N3O5. The first-order chi connectivity index (χ1) is 14.4. The van der Waals surface area contributed by atoms with Crippen LogP contribution in [0.4, 0.5) is 4.79 Å². The summed E-state index contributed by atoms with van der Waals surface area (Å²) in [7, 11) is 3.19. The second-order valence-electron chi connectivity index (χ2n) is 6.81. The van der Waals surface area contributed by atoms with E-state index in [4.69, 9.17) is 15.2 Å². The fourth-order valence-electron chi connectivity index (χ4n) is 2.84. The Morgan fingerprint density at radius 3 is 2.43 bits per heavy atom. The van der Waals surface area contributed by atoms with Crippen molar-refractivity contribution in [1.82, 2.24) is 10.2 Å². The number of carbonyl (C=O) groups excluding carboxylic acids is 3. The predicted octanol–water partition coefficient (Wildman–Crippen LogP) is 2.21.